The fourth-order valence-corrected chi connectivity index (χ4v) is 5.35. The van der Waals surface area contributed by atoms with Gasteiger partial charge in [-0.05, 0) is 56.7 Å². The molecule has 0 saturated carbocycles. The number of ketones is 1. The summed E-state index contributed by atoms with van der Waals surface area (Å²) in [4.78, 5) is 37.2. The highest BCUT2D eigenvalue weighted by Gasteiger charge is 2.70. The normalized spacial score (nSPS) is 18.7. The molecule has 0 radical (unpaired) electrons. The number of carbonyl (C=O) groups excluding carboxylic acids is 3. The Morgan fingerprint density at radius 1 is 0.971 bits per heavy atom. The summed E-state index contributed by atoms with van der Waals surface area (Å²) in [6.45, 7) is 4.79. The number of benzene rings is 2. The van der Waals surface area contributed by atoms with Gasteiger partial charge >= 0.3 is 6.18 Å². The van der Waals surface area contributed by atoms with Crippen molar-refractivity contribution < 1.29 is 36.0 Å². The molecule has 0 saturated heterocycles. The highest BCUT2D eigenvalue weighted by molar-refractivity contribution is 7.89. The molecule has 186 valence electrons. The van der Waals surface area contributed by atoms with Crippen LogP contribution in [0.15, 0.2) is 64.7 Å². The van der Waals surface area contributed by atoms with Crippen LogP contribution in [-0.4, -0.2) is 37.7 Å². The SMILES string of the molecule is CC(=O)Nc1ccc(S(=O)(=O)N[C@]2(C(F)(F)F)C(=O)N(c3ccccc3C)C(C)=C2C(C)=O)cc1. The molecule has 1 heterocycles. The fraction of sp³-hybridized carbons (Fsp3) is 0.261. The molecule has 35 heavy (non-hydrogen) atoms. The second kappa shape index (κ2) is 8.93. The van der Waals surface area contributed by atoms with Crippen molar-refractivity contribution in [3.8, 4) is 0 Å². The number of halogens is 3. The van der Waals surface area contributed by atoms with Crippen LogP contribution in [0.5, 0.6) is 0 Å². The lowest BCUT2D eigenvalue weighted by Gasteiger charge is -2.33. The van der Waals surface area contributed by atoms with Gasteiger partial charge in [-0.2, -0.15) is 17.9 Å². The second-order valence-electron chi connectivity index (χ2n) is 8.00. The van der Waals surface area contributed by atoms with E-state index in [2.05, 4.69) is 5.32 Å². The Hall–Kier alpha value is -3.51. The highest BCUT2D eigenvalue weighted by Crippen LogP contribution is 2.47. The van der Waals surface area contributed by atoms with Crippen molar-refractivity contribution in [2.24, 2.45) is 0 Å². The number of anilines is 2. The number of hydrogen-bond acceptors (Lipinski definition) is 5. The molecule has 0 unspecified atom stereocenters. The fourth-order valence-electron chi connectivity index (χ4n) is 4.03. The predicted molar refractivity (Wildman–Crippen MR) is 122 cm³/mol. The zero-order chi connectivity index (χ0) is 26.3. The van der Waals surface area contributed by atoms with Crippen LogP contribution >= 0.6 is 0 Å². The summed E-state index contributed by atoms with van der Waals surface area (Å²) >= 11 is 0. The van der Waals surface area contributed by atoms with Crippen molar-refractivity contribution in [2.75, 3.05) is 10.2 Å². The average molecular weight is 510 g/mol. The predicted octanol–water partition coefficient (Wildman–Crippen LogP) is 3.44. The topological polar surface area (TPSA) is 113 Å². The first-order valence-electron chi connectivity index (χ1n) is 10.2. The Balaban J connectivity index is 2.20. The molecule has 1 aliphatic rings. The van der Waals surface area contributed by atoms with Crippen molar-refractivity contribution in [2.45, 2.75) is 44.3 Å². The summed E-state index contributed by atoms with van der Waals surface area (Å²) in [7, 11) is -4.99. The van der Waals surface area contributed by atoms with Gasteiger partial charge in [0.15, 0.2) is 5.78 Å². The summed E-state index contributed by atoms with van der Waals surface area (Å²) in [5, 5.41) is 2.41. The zero-order valence-electron chi connectivity index (χ0n) is 19.1. The number of hydrogen-bond donors (Lipinski definition) is 2. The van der Waals surface area contributed by atoms with Gasteiger partial charge in [0.05, 0.1) is 16.2 Å². The molecule has 1 atom stereocenters. The van der Waals surface area contributed by atoms with E-state index in [0.717, 1.165) is 26.0 Å². The average Bonchev–Trinajstić information content (AvgIpc) is 2.95. The van der Waals surface area contributed by atoms with Crippen LogP contribution in [0, 0.1) is 6.92 Å². The lowest BCUT2D eigenvalue weighted by molar-refractivity contribution is -0.183. The summed E-state index contributed by atoms with van der Waals surface area (Å²) in [5.41, 5.74) is -4.46. The van der Waals surface area contributed by atoms with Gasteiger partial charge in [-0.25, -0.2) is 8.42 Å². The van der Waals surface area contributed by atoms with Crippen LogP contribution in [0.4, 0.5) is 24.5 Å². The minimum atomic E-state index is -5.51. The van der Waals surface area contributed by atoms with E-state index in [0.29, 0.717) is 10.5 Å². The highest BCUT2D eigenvalue weighted by atomic mass is 32.2. The monoisotopic (exact) mass is 509 g/mol. The first kappa shape index (κ1) is 26.1. The molecule has 0 spiro atoms. The lowest BCUT2D eigenvalue weighted by Crippen LogP contribution is -2.66. The maximum absolute atomic E-state index is 14.7. The van der Waals surface area contributed by atoms with Gasteiger partial charge in [0.25, 0.3) is 5.91 Å². The molecular weight excluding hydrogens is 487 g/mol. The van der Waals surface area contributed by atoms with Gasteiger partial charge in [-0.15, -0.1) is 0 Å². The molecule has 2 N–H and O–H groups in total. The minimum Gasteiger partial charge on any atom is -0.326 e. The number of rotatable bonds is 6. The molecule has 0 fully saturated rings. The third kappa shape index (κ3) is 4.46. The molecule has 1 aliphatic heterocycles. The van der Waals surface area contributed by atoms with Crippen molar-refractivity contribution in [3.05, 3.63) is 65.4 Å². The number of Topliss-reactive ketones (excluding diaryl/α,β-unsaturated/α-hetero) is 1. The van der Waals surface area contributed by atoms with Crippen LogP contribution in [0.25, 0.3) is 0 Å². The van der Waals surface area contributed by atoms with Crippen molar-refractivity contribution in [1.82, 2.24) is 4.72 Å². The second-order valence-corrected chi connectivity index (χ2v) is 9.68. The number of amides is 2. The van der Waals surface area contributed by atoms with Crippen molar-refractivity contribution in [3.63, 3.8) is 0 Å². The number of carbonyl (C=O) groups is 3. The van der Waals surface area contributed by atoms with Crippen LogP contribution in [-0.2, 0) is 24.4 Å². The van der Waals surface area contributed by atoms with Crippen molar-refractivity contribution in [1.29, 1.82) is 0 Å². The van der Waals surface area contributed by atoms with Gasteiger partial charge in [-0.3, -0.25) is 19.3 Å². The van der Waals surface area contributed by atoms with E-state index in [4.69, 9.17) is 0 Å². The number of nitrogens with zero attached hydrogens (tertiary/aromatic N) is 1. The molecule has 2 aromatic rings. The number of para-hydroxylation sites is 1. The van der Waals surface area contributed by atoms with E-state index < -0.39 is 49.8 Å². The number of nitrogens with one attached hydrogen (secondary N) is 2. The Labute approximate surface area is 199 Å². The first-order valence-corrected chi connectivity index (χ1v) is 11.7. The van der Waals surface area contributed by atoms with Crippen LogP contribution in [0.2, 0.25) is 0 Å². The molecule has 2 aromatic carbocycles. The van der Waals surface area contributed by atoms with E-state index in [-0.39, 0.29) is 17.1 Å². The Morgan fingerprint density at radius 2 is 1.54 bits per heavy atom. The number of aryl methyl sites for hydroxylation is 1. The number of alkyl halides is 3. The molecule has 3 rings (SSSR count). The molecule has 0 aromatic heterocycles. The van der Waals surface area contributed by atoms with Crippen LogP contribution < -0.4 is 14.9 Å². The van der Waals surface area contributed by atoms with E-state index in [1.165, 1.54) is 35.9 Å². The van der Waals surface area contributed by atoms with Gasteiger partial charge < -0.3 is 5.32 Å². The zero-order valence-corrected chi connectivity index (χ0v) is 20.0. The summed E-state index contributed by atoms with van der Waals surface area (Å²) < 4.78 is 71.8. The van der Waals surface area contributed by atoms with Gasteiger partial charge in [0, 0.05) is 18.3 Å². The number of sulfonamides is 1. The molecule has 8 nitrogen and oxygen atoms in total. The van der Waals surface area contributed by atoms with Crippen LogP contribution in [0.3, 0.4) is 0 Å². The Kier molecular flexibility index (Phi) is 6.66. The standard InChI is InChI=1S/C23H22F3N3O5S/c1-13-7-5-6-8-19(13)29-14(2)20(15(3)30)22(21(29)32,23(24,25)26)28-35(33,34)18-11-9-17(10-12-18)27-16(4)31/h5-12,28H,1-4H3,(H,27,31)/t22-/m0/s1. The molecule has 2 amide bonds. The first-order chi connectivity index (χ1) is 16.1. The number of allylic oxidation sites excluding steroid dienone is 1. The largest absolute Gasteiger partial charge is 0.421 e. The van der Waals surface area contributed by atoms with E-state index >= 15 is 0 Å². The molecular formula is C23H22F3N3O5S. The third-order valence-corrected chi connectivity index (χ3v) is 6.97. The summed E-state index contributed by atoms with van der Waals surface area (Å²) in [6.07, 6.45) is -5.51. The Bertz CT molecular complexity index is 1350. The van der Waals surface area contributed by atoms with E-state index in [1.807, 2.05) is 0 Å². The van der Waals surface area contributed by atoms with Gasteiger partial charge in [-0.1, -0.05) is 18.2 Å². The quantitative estimate of drug-likeness (QED) is 0.620. The lowest BCUT2D eigenvalue weighted by atomic mass is 9.88. The van der Waals surface area contributed by atoms with Crippen LogP contribution in [0.1, 0.15) is 26.3 Å². The van der Waals surface area contributed by atoms with Gasteiger partial charge in [0.1, 0.15) is 0 Å². The molecule has 0 bridgehead atoms. The van der Waals surface area contributed by atoms with Gasteiger partial charge in [0.2, 0.25) is 21.5 Å². The maximum atomic E-state index is 14.7. The van der Waals surface area contributed by atoms with E-state index in [9.17, 15) is 36.0 Å². The molecule has 0 aliphatic carbocycles. The summed E-state index contributed by atoms with van der Waals surface area (Å²) in [6, 6.07) is 10.4. The van der Waals surface area contributed by atoms with Crippen molar-refractivity contribution >= 4 is 39.0 Å². The maximum Gasteiger partial charge on any atom is 0.421 e. The minimum absolute atomic E-state index is 0.0822. The third-order valence-electron chi connectivity index (χ3n) is 5.50. The molecule has 12 heteroatoms. The summed E-state index contributed by atoms with van der Waals surface area (Å²) in [5.74, 6) is -3.22. The van der Waals surface area contributed by atoms with E-state index in [1.54, 1.807) is 19.1 Å². The smallest absolute Gasteiger partial charge is 0.326 e. The Morgan fingerprint density at radius 3 is 2.03 bits per heavy atom.